The normalized spacial score (nSPS) is 20.8. The van der Waals surface area contributed by atoms with Gasteiger partial charge in [0.2, 0.25) is 5.95 Å². The molecule has 0 amide bonds. The van der Waals surface area contributed by atoms with Gasteiger partial charge in [0.05, 0.1) is 22.7 Å². The van der Waals surface area contributed by atoms with Crippen LogP contribution in [-0.4, -0.2) is 9.55 Å². The molecule has 92 valence electrons. The predicted molar refractivity (Wildman–Crippen MR) is 70.7 cm³/mol. The first-order valence-corrected chi connectivity index (χ1v) is 6.17. The number of nitrogens with two attached hydrogens (primary N) is 1. The van der Waals surface area contributed by atoms with Crippen LogP contribution in [0.15, 0.2) is 18.2 Å². The van der Waals surface area contributed by atoms with E-state index in [9.17, 15) is 0 Å². The largest absolute Gasteiger partial charge is 0.369 e. The van der Waals surface area contributed by atoms with Crippen LogP contribution < -0.4 is 5.73 Å². The summed E-state index contributed by atoms with van der Waals surface area (Å²) in [4.78, 5) is 4.35. The second kappa shape index (κ2) is 3.49. The van der Waals surface area contributed by atoms with Crippen molar-refractivity contribution in [2.45, 2.75) is 26.8 Å². The van der Waals surface area contributed by atoms with E-state index < -0.39 is 0 Å². The molecule has 4 heteroatoms. The Labute approximate surface area is 106 Å². The first kappa shape index (κ1) is 11.1. The fraction of sp³-hybridized carbons (Fsp3) is 0.429. The quantitative estimate of drug-likeness (QED) is 0.877. The molecule has 1 saturated carbocycles. The number of rotatable bonds is 2. The number of anilines is 1. The number of aromatic nitrogens is 2. The van der Waals surface area contributed by atoms with E-state index in [2.05, 4.69) is 24.9 Å². The van der Waals surface area contributed by atoms with Gasteiger partial charge in [0.1, 0.15) is 0 Å². The maximum absolute atomic E-state index is 8.96. The maximum Gasteiger partial charge on any atom is 0.201 e. The number of benzene rings is 1. The molecule has 0 spiro atoms. The summed E-state index contributed by atoms with van der Waals surface area (Å²) in [5.41, 5.74) is 8.88. The molecule has 0 radical (unpaired) electrons. The third kappa shape index (κ3) is 1.63. The van der Waals surface area contributed by atoms with Crippen LogP contribution in [-0.2, 0) is 6.54 Å². The van der Waals surface area contributed by atoms with Crippen molar-refractivity contribution < 1.29 is 0 Å². The fourth-order valence-electron chi connectivity index (χ4n) is 2.51. The van der Waals surface area contributed by atoms with E-state index in [1.807, 2.05) is 16.7 Å². The Hall–Kier alpha value is -2.02. The highest BCUT2D eigenvalue weighted by Crippen LogP contribution is 2.52. The van der Waals surface area contributed by atoms with Gasteiger partial charge < -0.3 is 10.3 Å². The number of nitrogen functional groups attached to an aromatic ring is 1. The first-order chi connectivity index (χ1) is 8.51. The summed E-state index contributed by atoms with van der Waals surface area (Å²) in [5.74, 6) is 1.20. The molecule has 1 aliphatic rings. The van der Waals surface area contributed by atoms with Crippen LogP contribution in [0.25, 0.3) is 11.0 Å². The van der Waals surface area contributed by atoms with E-state index >= 15 is 0 Å². The Morgan fingerprint density at radius 2 is 2.28 bits per heavy atom. The summed E-state index contributed by atoms with van der Waals surface area (Å²) in [6.45, 7) is 5.44. The molecule has 0 aliphatic heterocycles. The average Bonchev–Trinajstić information content (AvgIpc) is 2.81. The van der Waals surface area contributed by atoms with Gasteiger partial charge in [-0.25, -0.2) is 4.98 Å². The minimum absolute atomic E-state index is 0.413. The Bertz CT molecular complexity index is 660. The number of hydrogen-bond donors (Lipinski definition) is 1. The van der Waals surface area contributed by atoms with Gasteiger partial charge in [0.25, 0.3) is 0 Å². The van der Waals surface area contributed by atoms with E-state index in [1.165, 1.54) is 6.42 Å². The minimum Gasteiger partial charge on any atom is -0.369 e. The van der Waals surface area contributed by atoms with Crippen LogP contribution in [0.2, 0.25) is 0 Å². The molecule has 4 nitrogen and oxygen atoms in total. The lowest BCUT2D eigenvalue weighted by molar-refractivity contribution is 0.507. The number of imidazole rings is 1. The van der Waals surface area contributed by atoms with Crippen LogP contribution in [0, 0.1) is 22.7 Å². The van der Waals surface area contributed by atoms with Gasteiger partial charge in [0, 0.05) is 6.54 Å². The molecule has 1 aliphatic carbocycles. The van der Waals surface area contributed by atoms with Gasteiger partial charge >= 0.3 is 0 Å². The summed E-state index contributed by atoms with van der Waals surface area (Å²) in [6, 6.07) is 7.67. The fourth-order valence-corrected chi connectivity index (χ4v) is 2.51. The lowest BCUT2D eigenvalue weighted by atomic mass is 10.1. The zero-order valence-electron chi connectivity index (χ0n) is 10.6. The minimum atomic E-state index is 0.413. The van der Waals surface area contributed by atoms with Gasteiger partial charge in [0.15, 0.2) is 0 Å². The van der Waals surface area contributed by atoms with Crippen molar-refractivity contribution >= 4 is 17.0 Å². The molecule has 18 heavy (non-hydrogen) atoms. The van der Waals surface area contributed by atoms with E-state index in [0.29, 0.717) is 22.8 Å². The highest BCUT2D eigenvalue weighted by molar-refractivity contribution is 5.79. The van der Waals surface area contributed by atoms with E-state index in [0.717, 1.165) is 17.6 Å². The monoisotopic (exact) mass is 240 g/mol. The molecule has 0 bridgehead atoms. The third-order valence-electron chi connectivity index (χ3n) is 4.03. The molecule has 1 fully saturated rings. The molecule has 2 aromatic rings. The smallest absolute Gasteiger partial charge is 0.201 e. The summed E-state index contributed by atoms with van der Waals surface area (Å²) < 4.78 is 2.04. The summed E-state index contributed by atoms with van der Waals surface area (Å²) >= 11 is 0. The van der Waals surface area contributed by atoms with Crippen LogP contribution in [0.1, 0.15) is 25.8 Å². The van der Waals surface area contributed by atoms with Crippen molar-refractivity contribution in [3.05, 3.63) is 23.8 Å². The van der Waals surface area contributed by atoms with Gasteiger partial charge in [-0.15, -0.1) is 0 Å². The van der Waals surface area contributed by atoms with Crippen molar-refractivity contribution in [2.75, 3.05) is 5.73 Å². The van der Waals surface area contributed by atoms with E-state index in [1.54, 1.807) is 6.07 Å². The zero-order chi connectivity index (χ0) is 12.9. The molecule has 2 N–H and O–H groups in total. The SMILES string of the molecule is CC1(C)CC1Cn1c(N)nc2ccc(C#N)cc21. The van der Waals surface area contributed by atoms with Crippen LogP contribution >= 0.6 is 0 Å². The van der Waals surface area contributed by atoms with Crippen molar-refractivity contribution in [3.8, 4) is 6.07 Å². The predicted octanol–water partition coefficient (Wildman–Crippen LogP) is 2.54. The Morgan fingerprint density at radius 3 is 2.89 bits per heavy atom. The van der Waals surface area contributed by atoms with E-state index in [-0.39, 0.29) is 0 Å². The van der Waals surface area contributed by atoms with Crippen molar-refractivity contribution in [2.24, 2.45) is 11.3 Å². The highest BCUT2D eigenvalue weighted by Gasteiger charge is 2.45. The number of nitriles is 1. The zero-order valence-corrected chi connectivity index (χ0v) is 10.6. The molecule has 1 aromatic heterocycles. The van der Waals surface area contributed by atoms with E-state index in [4.69, 9.17) is 11.0 Å². The topological polar surface area (TPSA) is 67.6 Å². The number of hydrogen-bond acceptors (Lipinski definition) is 3. The lowest BCUT2D eigenvalue weighted by Gasteiger charge is -2.08. The molecule has 3 rings (SSSR count). The van der Waals surface area contributed by atoms with Gasteiger partial charge in [-0.2, -0.15) is 5.26 Å². The Morgan fingerprint density at radius 1 is 1.56 bits per heavy atom. The van der Waals surface area contributed by atoms with Crippen molar-refractivity contribution in [1.82, 2.24) is 9.55 Å². The van der Waals surface area contributed by atoms with Crippen LogP contribution in [0.3, 0.4) is 0 Å². The number of nitrogens with zero attached hydrogens (tertiary/aromatic N) is 3. The molecule has 0 saturated heterocycles. The van der Waals surface area contributed by atoms with Gasteiger partial charge in [-0.05, 0) is 36.0 Å². The second-order valence-corrected chi connectivity index (χ2v) is 5.79. The Kier molecular flexibility index (Phi) is 2.15. The van der Waals surface area contributed by atoms with Crippen LogP contribution in [0.5, 0.6) is 0 Å². The Balaban J connectivity index is 2.05. The maximum atomic E-state index is 8.96. The molecule has 1 unspecified atom stereocenters. The molecule has 1 aromatic carbocycles. The second-order valence-electron chi connectivity index (χ2n) is 5.79. The average molecular weight is 240 g/mol. The summed E-state index contributed by atoms with van der Waals surface area (Å²) in [6.07, 6.45) is 1.23. The van der Waals surface area contributed by atoms with Crippen molar-refractivity contribution in [1.29, 1.82) is 5.26 Å². The summed E-state index contributed by atoms with van der Waals surface area (Å²) in [7, 11) is 0. The van der Waals surface area contributed by atoms with Crippen molar-refractivity contribution in [3.63, 3.8) is 0 Å². The van der Waals surface area contributed by atoms with Gasteiger partial charge in [-0.1, -0.05) is 13.8 Å². The first-order valence-electron chi connectivity index (χ1n) is 6.17. The summed E-state index contributed by atoms with van der Waals surface area (Å²) in [5, 5.41) is 8.96. The lowest BCUT2D eigenvalue weighted by Crippen LogP contribution is -2.07. The number of fused-ring (bicyclic) bond motifs is 1. The molecular formula is C14H16N4. The highest BCUT2D eigenvalue weighted by atomic mass is 15.2. The molecule has 1 heterocycles. The standard InChI is InChI=1S/C14H16N4/c1-14(2)6-10(14)8-18-12-5-9(7-15)3-4-11(12)17-13(18)16/h3-5,10H,6,8H2,1-2H3,(H2,16,17). The molecular weight excluding hydrogens is 224 g/mol. The third-order valence-corrected chi connectivity index (χ3v) is 4.03. The van der Waals surface area contributed by atoms with Gasteiger partial charge in [-0.3, -0.25) is 0 Å². The van der Waals surface area contributed by atoms with Crippen LogP contribution in [0.4, 0.5) is 5.95 Å². The molecule has 1 atom stereocenters.